The summed E-state index contributed by atoms with van der Waals surface area (Å²) in [7, 11) is 0. The molecule has 4 heteroatoms. The van der Waals surface area contributed by atoms with Gasteiger partial charge in [0.05, 0.1) is 0 Å². The van der Waals surface area contributed by atoms with Crippen LogP contribution in [-0.4, -0.2) is 27.6 Å². The van der Waals surface area contributed by atoms with E-state index in [0.717, 1.165) is 25.5 Å². The minimum Gasteiger partial charge on any atom is -0.356 e. The van der Waals surface area contributed by atoms with Gasteiger partial charge in [0.15, 0.2) is 0 Å². The average molecular weight is 213 g/mol. The Labute approximate surface area is 90.3 Å². The van der Waals surface area contributed by atoms with Gasteiger partial charge in [-0.2, -0.15) is 11.8 Å². The zero-order valence-electron chi connectivity index (χ0n) is 9.16. The average Bonchev–Trinajstić information content (AvgIpc) is 2.62. The predicted molar refractivity (Wildman–Crippen MR) is 64.0 cm³/mol. The molecular weight excluding hydrogens is 194 g/mol. The van der Waals surface area contributed by atoms with Crippen LogP contribution in [0.25, 0.3) is 0 Å². The summed E-state index contributed by atoms with van der Waals surface area (Å²) in [6.07, 6.45) is 7.15. The Morgan fingerprint density at radius 1 is 1.64 bits per heavy atom. The van der Waals surface area contributed by atoms with Gasteiger partial charge < -0.3 is 9.88 Å². The molecule has 1 aromatic rings. The fourth-order valence-electron chi connectivity index (χ4n) is 1.21. The lowest BCUT2D eigenvalue weighted by atomic mass is 10.4. The van der Waals surface area contributed by atoms with Gasteiger partial charge in [0.2, 0.25) is 5.95 Å². The van der Waals surface area contributed by atoms with Crippen molar-refractivity contribution in [3.8, 4) is 0 Å². The van der Waals surface area contributed by atoms with Gasteiger partial charge in [-0.05, 0) is 12.7 Å². The van der Waals surface area contributed by atoms with Crippen molar-refractivity contribution in [2.45, 2.75) is 32.1 Å². The summed E-state index contributed by atoms with van der Waals surface area (Å²) in [5.41, 5.74) is 0. The van der Waals surface area contributed by atoms with E-state index >= 15 is 0 Å². The molecule has 0 radical (unpaired) electrons. The van der Waals surface area contributed by atoms with E-state index in [4.69, 9.17) is 0 Å². The van der Waals surface area contributed by atoms with Crippen molar-refractivity contribution in [1.29, 1.82) is 0 Å². The zero-order chi connectivity index (χ0) is 10.4. The molecule has 1 aromatic heterocycles. The summed E-state index contributed by atoms with van der Waals surface area (Å²) in [6.45, 7) is 6.40. The molecule has 0 fully saturated rings. The lowest BCUT2D eigenvalue weighted by Gasteiger charge is -2.12. The maximum atomic E-state index is 4.28. The lowest BCUT2D eigenvalue weighted by Crippen LogP contribution is -2.13. The molecule has 0 amide bonds. The maximum Gasteiger partial charge on any atom is 0.202 e. The molecule has 14 heavy (non-hydrogen) atoms. The number of thioether (sulfide) groups is 1. The number of nitrogens with zero attached hydrogens (tertiary/aromatic N) is 2. The normalized spacial score (nSPS) is 12.8. The third kappa shape index (κ3) is 3.25. The van der Waals surface area contributed by atoms with Crippen LogP contribution in [0.5, 0.6) is 0 Å². The third-order valence-corrected chi connectivity index (χ3v) is 3.06. The van der Waals surface area contributed by atoms with Gasteiger partial charge in [0, 0.05) is 30.7 Å². The van der Waals surface area contributed by atoms with Crippen LogP contribution in [0.3, 0.4) is 0 Å². The van der Waals surface area contributed by atoms with Crippen LogP contribution in [0.15, 0.2) is 12.4 Å². The number of anilines is 1. The summed E-state index contributed by atoms with van der Waals surface area (Å²) in [4.78, 5) is 4.28. The fraction of sp³-hybridized carbons (Fsp3) is 0.700. The van der Waals surface area contributed by atoms with Crippen LogP contribution in [-0.2, 0) is 6.54 Å². The van der Waals surface area contributed by atoms with E-state index in [1.54, 1.807) is 0 Å². The molecule has 1 rings (SSSR count). The Morgan fingerprint density at radius 3 is 3.07 bits per heavy atom. The number of rotatable bonds is 6. The van der Waals surface area contributed by atoms with E-state index in [-0.39, 0.29) is 0 Å². The number of nitrogens with one attached hydrogen (secondary N) is 1. The molecule has 1 N–H and O–H groups in total. The minimum absolute atomic E-state index is 0.631. The van der Waals surface area contributed by atoms with E-state index in [0.29, 0.717) is 5.25 Å². The highest BCUT2D eigenvalue weighted by Gasteiger charge is 2.05. The van der Waals surface area contributed by atoms with Gasteiger partial charge in [-0.15, -0.1) is 0 Å². The molecule has 0 aliphatic carbocycles. The van der Waals surface area contributed by atoms with E-state index in [1.165, 1.54) is 0 Å². The Bertz CT molecular complexity index is 260. The molecule has 80 valence electrons. The van der Waals surface area contributed by atoms with Crippen molar-refractivity contribution in [3.05, 3.63) is 12.4 Å². The Balaban J connectivity index is 2.53. The summed E-state index contributed by atoms with van der Waals surface area (Å²) >= 11 is 1.88. The summed E-state index contributed by atoms with van der Waals surface area (Å²) < 4.78 is 2.18. The van der Waals surface area contributed by atoms with Crippen molar-refractivity contribution in [3.63, 3.8) is 0 Å². The topological polar surface area (TPSA) is 29.9 Å². The van der Waals surface area contributed by atoms with Crippen molar-refractivity contribution < 1.29 is 0 Å². The number of hydrogen-bond acceptors (Lipinski definition) is 3. The van der Waals surface area contributed by atoms with E-state index in [2.05, 4.69) is 35.0 Å². The van der Waals surface area contributed by atoms with Crippen molar-refractivity contribution >= 4 is 17.7 Å². The van der Waals surface area contributed by atoms with Gasteiger partial charge in [-0.3, -0.25) is 0 Å². The molecule has 0 aliphatic heterocycles. The second-order valence-corrected chi connectivity index (χ2v) is 4.65. The molecule has 0 saturated heterocycles. The molecule has 1 heterocycles. The second kappa shape index (κ2) is 5.96. The summed E-state index contributed by atoms with van der Waals surface area (Å²) in [5.74, 6) is 0.993. The molecule has 0 spiro atoms. The molecule has 0 aliphatic rings. The first-order valence-electron chi connectivity index (χ1n) is 5.05. The SMILES string of the molecule is CCCNc1nccn1CC(C)SC. The van der Waals surface area contributed by atoms with Crippen LogP contribution in [0.1, 0.15) is 20.3 Å². The Hall–Kier alpha value is -0.640. The van der Waals surface area contributed by atoms with Crippen LogP contribution in [0, 0.1) is 0 Å². The monoisotopic (exact) mass is 213 g/mol. The largest absolute Gasteiger partial charge is 0.356 e. The van der Waals surface area contributed by atoms with Crippen LogP contribution >= 0.6 is 11.8 Å². The number of imidazole rings is 1. The first kappa shape index (κ1) is 11.4. The predicted octanol–water partition coefficient (Wildman–Crippen LogP) is 2.46. The molecule has 0 bridgehead atoms. The first-order valence-corrected chi connectivity index (χ1v) is 6.34. The van der Waals surface area contributed by atoms with Gasteiger partial charge >= 0.3 is 0 Å². The van der Waals surface area contributed by atoms with Gasteiger partial charge in [0.1, 0.15) is 0 Å². The highest BCUT2D eigenvalue weighted by molar-refractivity contribution is 7.99. The van der Waals surface area contributed by atoms with Gasteiger partial charge in [-0.1, -0.05) is 13.8 Å². The quantitative estimate of drug-likeness (QED) is 0.787. The highest BCUT2D eigenvalue weighted by Crippen LogP contribution is 2.12. The van der Waals surface area contributed by atoms with Crippen LogP contribution < -0.4 is 5.32 Å². The lowest BCUT2D eigenvalue weighted by molar-refractivity contribution is 0.694. The van der Waals surface area contributed by atoms with Gasteiger partial charge in [0.25, 0.3) is 0 Å². The zero-order valence-corrected chi connectivity index (χ0v) is 9.97. The smallest absolute Gasteiger partial charge is 0.202 e. The molecule has 1 atom stereocenters. The van der Waals surface area contributed by atoms with Crippen molar-refractivity contribution in [2.24, 2.45) is 0 Å². The second-order valence-electron chi connectivity index (χ2n) is 3.38. The summed E-state index contributed by atoms with van der Waals surface area (Å²) in [6, 6.07) is 0. The van der Waals surface area contributed by atoms with Crippen LogP contribution in [0.2, 0.25) is 0 Å². The molecular formula is C10H19N3S. The Morgan fingerprint density at radius 2 is 2.43 bits per heavy atom. The molecule has 0 aromatic carbocycles. The van der Waals surface area contributed by atoms with E-state index < -0.39 is 0 Å². The fourth-order valence-corrected chi connectivity index (χ4v) is 1.52. The maximum absolute atomic E-state index is 4.28. The minimum atomic E-state index is 0.631. The van der Waals surface area contributed by atoms with Crippen LogP contribution in [0.4, 0.5) is 5.95 Å². The summed E-state index contributed by atoms with van der Waals surface area (Å²) in [5, 5.41) is 3.95. The van der Waals surface area contributed by atoms with Crippen molar-refractivity contribution in [1.82, 2.24) is 9.55 Å². The van der Waals surface area contributed by atoms with E-state index in [1.807, 2.05) is 24.2 Å². The first-order chi connectivity index (χ1) is 6.77. The number of aromatic nitrogens is 2. The van der Waals surface area contributed by atoms with Gasteiger partial charge in [-0.25, -0.2) is 4.98 Å². The molecule has 3 nitrogen and oxygen atoms in total. The standard InChI is InChI=1S/C10H19N3S/c1-4-5-11-10-12-6-7-13(10)8-9(2)14-3/h6-7,9H,4-5,8H2,1-3H3,(H,11,12). The Kier molecular flexibility index (Phi) is 4.87. The van der Waals surface area contributed by atoms with Crippen molar-refractivity contribution in [2.75, 3.05) is 18.1 Å². The highest BCUT2D eigenvalue weighted by atomic mass is 32.2. The molecule has 0 saturated carbocycles. The van der Waals surface area contributed by atoms with E-state index in [9.17, 15) is 0 Å². The third-order valence-electron chi connectivity index (χ3n) is 2.10. The molecule has 1 unspecified atom stereocenters. The number of hydrogen-bond donors (Lipinski definition) is 1.